The van der Waals surface area contributed by atoms with E-state index in [2.05, 4.69) is 11.0 Å². The van der Waals surface area contributed by atoms with Crippen LogP contribution in [0.3, 0.4) is 0 Å². The van der Waals surface area contributed by atoms with E-state index in [4.69, 9.17) is 11.6 Å². The monoisotopic (exact) mass is 340 g/mol. The first-order valence-corrected chi connectivity index (χ1v) is 8.39. The molecule has 1 saturated heterocycles. The molecule has 0 unspecified atom stereocenters. The van der Waals surface area contributed by atoms with Crippen molar-refractivity contribution < 1.29 is 4.39 Å². The highest BCUT2D eigenvalue weighted by Gasteiger charge is 2.17. The molecule has 2 aromatic rings. The lowest BCUT2D eigenvalue weighted by molar-refractivity contribution is 0.622. The fourth-order valence-electron chi connectivity index (χ4n) is 3.00. The van der Waals surface area contributed by atoms with E-state index in [0.29, 0.717) is 16.3 Å². The van der Waals surface area contributed by atoms with Crippen LogP contribution in [0.4, 0.5) is 10.1 Å². The van der Waals surface area contributed by atoms with Gasteiger partial charge in [-0.2, -0.15) is 5.26 Å². The molecule has 0 amide bonds. The van der Waals surface area contributed by atoms with Crippen molar-refractivity contribution in [1.82, 2.24) is 0 Å². The SMILES string of the molecule is Cc1cc(N2CCCC2)c(F)cc1/C=C(/C#N)c1ccc(Cl)cc1. The smallest absolute Gasteiger partial charge is 0.147 e. The van der Waals surface area contributed by atoms with Crippen LogP contribution >= 0.6 is 11.6 Å². The number of halogens is 2. The molecule has 1 fully saturated rings. The van der Waals surface area contributed by atoms with Crippen molar-refractivity contribution in [2.45, 2.75) is 19.8 Å². The second kappa shape index (κ2) is 7.07. The standard InChI is InChI=1S/C20H18ClFN2/c1-14-10-20(24-8-2-3-9-24)19(22)12-16(14)11-17(13-23)15-4-6-18(21)7-5-15/h4-7,10-12H,2-3,8-9H2,1H3/b17-11-. The van der Waals surface area contributed by atoms with E-state index in [9.17, 15) is 9.65 Å². The third kappa shape index (κ3) is 3.44. The van der Waals surface area contributed by atoms with Gasteiger partial charge in [-0.3, -0.25) is 0 Å². The molecule has 0 aliphatic carbocycles. The fraction of sp³-hybridized carbons (Fsp3) is 0.250. The van der Waals surface area contributed by atoms with Crippen molar-refractivity contribution in [2.75, 3.05) is 18.0 Å². The zero-order valence-corrected chi connectivity index (χ0v) is 14.3. The van der Waals surface area contributed by atoms with Crippen molar-refractivity contribution in [1.29, 1.82) is 5.26 Å². The molecule has 1 aliphatic rings. The Morgan fingerprint density at radius 3 is 2.50 bits per heavy atom. The van der Waals surface area contributed by atoms with Gasteiger partial charge in [0, 0.05) is 18.1 Å². The summed E-state index contributed by atoms with van der Waals surface area (Å²) < 4.78 is 14.5. The van der Waals surface area contributed by atoms with Crippen molar-refractivity contribution in [3.8, 4) is 6.07 Å². The van der Waals surface area contributed by atoms with E-state index in [1.807, 2.05) is 13.0 Å². The lowest BCUT2D eigenvalue weighted by atomic mass is 10.0. The largest absolute Gasteiger partial charge is 0.369 e. The van der Waals surface area contributed by atoms with Crippen molar-refractivity contribution in [3.05, 3.63) is 63.9 Å². The minimum absolute atomic E-state index is 0.234. The molecule has 122 valence electrons. The molecule has 1 aliphatic heterocycles. The molecule has 0 bridgehead atoms. The second-order valence-electron chi connectivity index (χ2n) is 6.03. The highest BCUT2D eigenvalue weighted by atomic mass is 35.5. The molecule has 1 heterocycles. The number of aryl methyl sites for hydroxylation is 1. The summed E-state index contributed by atoms with van der Waals surface area (Å²) in [7, 11) is 0. The van der Waals surface area contributed by atoms with Gasteiger partial charge in [0.1, 0.15) is 5.82 Å². The third-order valence-corrected chi connectivity index (χ3v) is 4.61. The highest BCUT2D eigenvalue weighted by molar-refractivity contribution is 6.30. The van der Waals surface area contributed by atoms with Gasteiger partial charge in [-0.25, -0.2) is 4.39 Å². The Morgan fingerprint density at radius 2 is 1.88 bits per heavy atom. The molecule has 2 aromatic carbocycles. The maximum Gasteiger partial charge on any atom is 0.147 e. The number of allylic oxidation sites excluding steroid dienone is 1. The number of nitriles is 1. The van der Waals surface area contributed by atoms with Gasteiger partial charge in [-0.15, -0.1) is 0 Å². The number of benzene rings is 2. The normalized spacial score (nSPS) is 14.8. The van der Waals surface area contributed by atoms with Gasteiger partial charge in [0.25, 0.3) is 0 Å². The van der Waals surface area contributed by atoms with E-state index in [-0.39, 0.29) is 5.82 Å². The van der Waals surface area contributed by atoms with Crippen LogP contribution in [0.15, 0.2) is 36.4 Å². The molecule has 0 spiro atoms. The summed E-state index contributed by atoms with van der Waals surface area (Å²) >= 11 is 5.89. The third-order valence-electron chi connectivity index (χ3n) is 4.36. The molecule has 0 N–H and O–H groups in total. The Morgan fingerprint density at radius 1 is 1.21 bits per heavy atom. The fourth-order valence-corrected chi connectivity index (χ4v) is 3.13. The quantitative estimate of drug-likeness (QED) is 0.548. The number of hydrogen-bond acceptors (Lipinski definition) is 2. The van der Waals surface area contributed by atoms with Gasteiger partial charge in [-0.05, 0) is 66.8 Å². The Kier molecular flexibility index (Phi) is 4.87. The molecule has 2 nitrogen and oxygen atoms in total. The highest BCUT2D eigenvalue weighted by Crippen LogP contribution is 2.29. The maximum absolute atomic E-state index is 14.5. The Balaban J connectivity index is 1.97. The molecular weight excluding hydrogens is 323 g/mol. The predicted molar refractivity (Wildman–Crippen MR) is 97.5 cm³/mol. The van der Waals surface area contributed by atoms with Gasteiger partial charge in [0.2, 0.25) is 0 Å². The number of anilines is 1. The summed E-state index contributed by atoms with van der Waals surface area (Å²) in [6, 6.07) is 12.7. The predicted octanol–water partition coefficient (Wildman–Crippen LogP) is 5.45. The molecule has 24 heavy (non-hydrogen) atoms. The first-order valence-electron chi connectivity index (χ1n) is 8.01. The summed E-state index contributed by atoms with van der Waals surface area (Å²) in [6.07, 6.45) is 3.94. The van der Waals surface area contributed by atoms with Crippen molar-refractivity contribution in [3.63, 3.8) is 0 Å². The first-order chi connectivity index (χ1) is 11.6. The Labute approximate surface area is 146 Å². The average Bonchev–Trinajstić information content (AvgIpc) is 3.10. The molecule has 4 heteroatoms. The zero-order valence-electron chi connectivity index (χ0n) is 13.5. The molecule has 3 rings (SSSR count). The lowest BCUT2D eigenvalue weighted by Gasteiger charge is -2.19. The van der Waals surface area contributed by atoms with Crippen LogP contribution < -0.4 is 4.90 Å². The Hall–Kier alpha value is -2.31. The van der Waals surface area contributed by atoms with Crippen LogP contribution in [-0.2, 0) is 0 Å². The van der Waals surface area contributed by atoms with Crippen LogP contribution in [0.25, 0.3) is 11.6 Å². The first kappa shape index (κ1) is 16.5. The number of hydrogen-bond donors (Lipinski definition) is 0. The van der Waals surface area contributed by atoms with E-state index < -0.39 is 0 Å². The zero-order chi connectivity index (χ0) is 17.1. The van der Waals surface area contributed by atoms with Gasteiger partial charge < -0.3 is 4.90 Å². The van der Waals surface area contributed by atoms with E-state index >= 15 is 0 Å². The molecule has 0 atom stereocenters. The van der Waals surface area contributed by atoms with Crippen LogP contribution in [0.5, 0.6) is 0 Å². The van der Waals surface area contributed by atoms with Gasteiger partial charge >= 0.3 is 0 Å². The number of nitrogens with zero attached hydrogens (tertiary/aromatic N) is 2. The van der Waals surface area contributed by atoms with Crippen LogP contribution in [0.1, 0.15) is 29.5 Å². The minimum Gasteiger partial charge on any atom is -0.369 e. The van der Waals surface area contributed by atoms with Crippen LogP contribution in [0.2, 0.25) is 5.02 Å². The maximum atomic E-state index is 14.5. The summed E-state index contributed by atoms with van der Waals surface area (Å²) in [6.45, 7) is 3.75. The van der Waals surface area contributed by atoms with Gasteiger partial charge in [-0.1, -0.05) is 23.7 Å². The molecule has 0 aromatic heterocycles. The topological polar surface area (TPSA) is 27.0 Å². The second-order valence-corrected chi connectivity index (χ2v) is 6.47. The van der Waals surface area contributed by atoms with E-state index in [0.717, 1.165) is 42.6 Å². The summed E-state index contributed by atoms with van der Waals surface area (Å²) in [5.41, 5.74) is 3.60. The number of rotatable bonds is 3. The molecular formula is C20H18ClFN2. The van der Waals surface area contributed by atoms with Crippen LogP contribution in [-0.4, -0.2) is 13.1 Å². The molecule has 0 saturated carbocycles. The summed E-state index contributed by atoms with van der Waals surface area (Å²) in [4.78, 5) is 2.08. The van der Waals surface area contributed by atoms with E-state index in [1.54, 1.807) is 30.3 Å². The van der Waals surface area contributed by atoms with E-state index in [1.165, 1.54) is 6.07 Å². The lowest BCUT2D eigenvalue weighted by Crippen LogP contribution is -2.19. The summed E-state index contributed by atoms with van der Waals surface area (Å²) in [5.74, 6) is -0.234. The van der Waals surface area contributed by atoms with Gasteiger partial charge in [0.15, 0.2) is 0 Å². The average molecular weight is 341 g/mol. The van der Waals surface area contributed by atoms with Crippen LogP contribution in [0, 0.1) is 24.1 Å². The van der Waals surface area contributed by atoms with Crippen molar-refractivity contribution in [2.24, 2.45) is 0 Å². The molecule has 0 radical (unpaired) electrons. The Bertz CT molecular complexity index is 813. The summed E-state index contributed by atoms with van der Waals surface area (Å²) in [5, 5.41) is 10.1. The minimum atomic E-state index is -0.234. The van der Waals surface area contributed by atoms with Crippen molar-refractivity contribution >= 4 is 28.9 Å². The van der Waals surface area contributed by atoms with Gasteiger partial charge in [0.05, 0.1) is 17.3 Å².